The van der Waals surface area contributed by atoms with E-state index in [-0.39, 0.29) is 11.7 Å². The highest BCUT2D eigenvalue weighted by atomic mass is 16.5. The van der Waals surface area contributed by atoms with Gasteiger partial charge in [-0.05, 0) is 30.4 Å². The molecule has 0 bridgehead atoms. The van der Waals surface area contributed by atoms with Crippen molar-refractivity contribution < 1.29 is 4.74 Å². The van der Waals surface area contributed by atoms with E-state index in [1.165, 1.54) is 4.57 Å². The van der Waals surface area contributed by atoms with Gasteiger partial charge in [0.05, 0.1) is 6.61 Å². The van der Waals surface area contributed by atoms with Crippen molar-refractivity contribution >= 4 is 11.5 Å². The van der Waals surface area contributed by atoms with Gasteiger partial charge < -0.3 is 15.4 Å². The summed E-state index contributed by atoms with van der Waals surface area (Å²) >= 11 is 0. The average molecular weight is 389 g/mol. The quantitative estimate of drug-likeness (QED) is 0.611. The fourth-order valence-electron chi connectivity index (χ4n) is 3.13. The molecule has 7 nitrogen and oxygen atoms in total. The number of nitrogens with two attached hydrogens (primary N) is 1. The number of nitrogens with one attached hydrogen (secondary N) is 1. The average Bonchev–Trinajstić information content (AvgIpc) is 2.62. The minimum Gasteiger partial charge on any atom is -0.494 e. The molecular formula is C21H32N4O3. The van der Waals surface area contributed by atoms with Crippen molar-refractivity contribution in [1.82, 2.24) is 9.55 Å². The molecule has 2 aromatic rings. The van der Waals surface area contributed by atoms with Crippen LogP contribution < -0.4 is 26.6 Å². The number of ether oxygens (including phenoxy) is 1. The highest BCUT2D eigenvalue weighted by Crippen LogP contribution is 2.19. The smallest absolute Gasteiger partial charge is 0.330 e. The summed E-state index contributed by atoms with van der Waals surface area (Å²) in [5.41, 5.74) is 5.75. The second kappa shape index (κ2) is 10.0. The van der Waals surface area contributed by atoms with Crippen LogP contribution in [-0.2, 0) is 6.54 Å². The first-order valence-electron chi connectivity index (χ1n) is 9.85. The van der Waals surface area contributed by atoms with Gasteiger partial charge in [0.25, 0.3) is 5.56 Å². The lowest BCUT2D eigenvalue weighted by Crippen LogP contribution is -2.40. The molecule has 0 amide bonds. The Bertz CT molecular complexity index is 856. The first kappa shape index (κ1) is 21.6. The third-order valence-electron chi connectivity index (χ3n) is 4.25. The van der Waals surface area contributed by atoms with E-state index >= 15 is 0 Å². The fraction of sp³-hybridized carbons (Fsp3) is 0.524. The standard InChI is InChI=1S/C21H32N4O3/c1-15(2)13-24(11-8-12-28-17-9-6-5-7-10-17)18-19(22)25(14-16(3)4)21(27)23-20(18)26/h5-7,9-10,15-16H,8,11-14,22H2,1-4H3,(H,23,26,27). The Morgan fingerprint density at radius 1 is 1.11 bits per heavy atom. The van der Waals surface area contributed by atoms with Crippen LogP contribution in [0.3, 0.4) is 0 Å². The molecule has 1 aromatic heterocycles. The Morgan fingerprint density at radius 2 is 1.79 bits per heavy atom. The van der Waals surface area contributed by atoms with Crippen LogP contribution in [0.4, 0.5) is 11.5 Å². The zero-order valence-electron chi connectivity index (χ0n) is 17.3. The lowest BCUT2D eigenvalue weighted by Gasteiger charge is -2.28. The van der Waals surface area contributed by atoms with E-state index in [1.807, 2.05) is 49.1 Å². The maximum atomic E-state index is 12.6. The van der Waals surface area contributed by atoms with Crippen LogP contribution in [0.2, 0.25) is 0 Å². The van der Waals surface area contributed by atoms with E-state index in [0.29, 0.717) is 37.8 Å². The molecule has 0 spiro atoms. The first-order chi connectivity index (χ1) is 13.3. The fourth-order valence-corrected chi connectivity index (χ4v) is 3.13. The molecule has 3 N–H and O–H groups in total. The maximum absolute atomic E-state index is 12.6. The SMILES string of the molecule is CC(C)CN(CCCOc1ccccc1)c1c(N)n(CC(C)C)c(=O)[nH]c1=O. The van der Waals surface area contributed by atoms with Crippen molar-refractivity contribution in [2.24, 2.45) is 11.8 Å². The number of hydrogen-bond donors (Lipinski definition) is 2. The molecule has 7 heteroatoms. The van der Waals surface area contributed by atoms with Gasteiger partial charge in [0.1, 0.15) is 17.3 Å². The van der Waals surface area contributed by atoms with Crippen LogP contribution >= 0.6 is 0 Å². The Kier molecular flexibility index (Phi) is 7.72. The number of H-pyrrole nitrogens is 1. The lowest BCUT2D eigenvalue weighted by atomic mass is 10.2. The summed E-state index contributed by atoms with van der Waals surface area (Å²) in [6, 6.07) is 9.63. The summed E-state index contributed by atoms with van der Waals surface area (Å²) in [5.74, 6) is 1.61. The minimum absolute atomic E-state index is 0.229. The summed E-state index contributed by atoms with van der Waals surface area (Å²) in [4.78, 5) is 29.1. The van der Waals surface area contributed by atoms with Crippen LogP contribution in [0, 0.1) is 11.8 Å². The molecule has 28 heavy (non-hydrogen) atoms. The molecule has 0 unspecified atom stereocenters. The van der Waals surface area contributed by atoms with E-state index in [4.69, 9.17) is 10.5 Å². The Morgan fingerprint density at radius 3 is 2.39 bits per heavy atom. The van der Waals surface area contributed by atoms with Crippen molar-refractivity contribution in [3.05, 3.63) is 51.2 Å². The number of para-hydroxylation sites is 1. The van der Waals surface area contributed by atoms with Crippen molar-refractivity contribution in [1.29, 1.82) is 0 Å². The highest BCUT2D eigenvalue weighted by molar-refractivity contribution is 5.62. The van der Waals surface area contributed by atoms with Gasteiger partial charge >= 0.3 is 5.69 Å². The van der Waals surface area contributed by atoms with E-state index in [9.17, 15) is 9.59 Å². The van der Waals surface area contributed by atoms with E-state index in [2.05, 4.69) is 18.8 Å². The third kappa shape index (κ3) is 5.90. The molecule has 0 aliphatic heterocycles. The normalized spacial score (nSPS) is 11.2. The first-order valence-corrected chi connectivity index (χ1v) is 9.85. The topological polar surface area (TPSA) is 93.3 Å². The molecule has 154 valence electrons. The van der Waals surface area contributed by atoms with Gasteiger partial charge in [0, 0.05) is 19.6 Å². The molecule has 0 saturated carbocycles. The molecule has 0 fully saturated rings. The van der Waals surface area contributed by atoms with E-state index < -0.39 is 11.2 Å². The Hall–Kier alpha value is -2.70. The number of rotatable bonds is 10. The second-order valence-electron chi connectivity index (χ2n) is 7.85. The van der Waals surface area contributed by atoms with E-state index in [0.717, 1.165) is 12.2 Å². The molecule has 0 saturated heterocycles. The summed E-state index contributed by atoms with van der Waals surface area (Å²) in [6.45, 7) is 10.4. The number of benzene rings is 1. The second-order valence-corrected chi connectivity index (χ2v) is 7.85. The lowest BCUT2D eigenvalue weighted by molar-refractivity contribution is 0.311. The van der Waals surface area contributed by atoms with Gasteiger partial charge in [-0.25, -0.2) is 4.79 Å². The third-order valence-corrected chi connectivity index (χ3v) is 4.25. The molecular weight excluding hydrogens is 356 g/mol. The summed E-state index contributed by atoms with van der Waals surface area (Å²) < 4.78 is 7.21. The number of aromatic nitrogens is 2. The van der Waals surface area contributed by atoms with E-state index in [1.54, 1.807) is 0 Å². The zero-order valence-corrected chi connectivity index (χ0v) is 17.3. The summed E-state index contributed by atoms with van der Waals surface area (Å²) in [6.07, 6.45) is 0.726. The molecule has 2 rings (SSSR count). The monoisotopic (exact) mass is 388 g/mol. The largest absolute Gasteiger partial charge is 0.494 e. The summed E-state index contributed by atoms with van der Waals surface area (Å²) in [7, 11) is 0. The van der Waals surface area contributed by atoms with Crippen LogP contribution in [0.25, 0.3) is 0 Å². The predicted molar refractivity (Wildman–Crippen MR) is 114 cm³/mol. The molecule has 1 aromatic carbocycles. The van der Waals surface area contributed by atoms with Gasteiger partial charge in [-0.2, -0.15) is 0 Å². The molecule has 0 aliphatic carbocycles. The van der Waals surface area contributed by atoms with Gasteiger partial charge in [0.15, 0.2) is 0 Å². The molecule has 1 heterocycles. The van der Waals surface area contributed by atoms with Gasteiger partial charge in [-0.1, -0.05) is 45.9 Å². The van der Waals surface area contributed by atoms with Crippen LogP contribution in [0.1, 0.15) is 34.1 Å². The molecule has 0 aliphatic rings. The van der Waals surface area contributed by atoms with Crippen molar-refractivity contribution in [3.63, 3.8) is 0 Å². The number of anilines is 2. The predicted octanol–water partition coefficient (Wildman–Crippen LogP) is 2.71. The maximum Gasteiger partial charge on any atom is 0.330 e. The molecule has 0 radical (unpaired) electrons. The summed E-state index contributed by atoms with van der Waals surface area (Å²) in [5, 5.41) is 0. The minimum atomic E-state index is -0.461. The number of nitrogens with zero attached hydrogens (tertiary/aromatic N) is 2. The van der Waals surface area contributed by atoms with Gasteiger partial charge in [0.2, 0.25) is 0 Å². The molecule has 0 atom stereocenters. The number of nitrogen functional groups attached to an aromatic ring is 1. The Balaban J connectivity index is 2.19. The highest BCUT2D eigenvalue weighted by Gasteiger charge is 2.20. The van der Waals surface area contributed by atoms with Gasteiger partial charge in [-0.15, -0.1) is 0 Å². The zero-order chi connectivity index (χ0) is 20.7. The van der Waals surface area contributed by atoms with Gasteiger partial charge in [-0.3, -0.25) is 14.3 Å². The van der Waals surface area contributed by atoms with Crippen molar-refractivity contribution in [2.75, 3.05) is 30.3 Å². The van der Waals surface area contributed by atoms with Crippen LogP contribution in [0.15, 0.2) is 39.9 Å². The van der Waals surface area contributed by atoms with Crippen molar-refractivity contribution in [3.8, 4) is 5.75 Å². The van der Waals surface area contributed by atoms with Crippen LogP contribution in [0.5, 0.6) is 5.75 Å². The van der Waals surface area contributed by atoms with Crippen LogP contribution in [-0.4, -0.2) is 29.2 Å². The number of hydrogen-bond acceptors (Lipinski definition) is 5. The Labute approximate surface area is 166 Å². The van der Waals surface area contributed by atoms with Crippen molar-refractivity contribution in [2.45, 2.75) is 40.7 Å². The number of aromatic amines is 1.